The molecular weight excluding hydrogens is 482 g/mol. The Morgan fingerprint density at radius 3 is 2.23 bits per heavy atom. The zero-order chi connectivity index (χ0) is 25.7. The molecule has 1 aliphatic heterocycles. The Kier molecular flexibility index (Phi) is 9.13. The van der Waals surface area contributed by atoms with Gasteiger partial charge >= 0.3 is 0 Å². The van der Waals surface area contributed by atoms with Crippen molar-refractivity contribution in [2.24, 2.45) is 0 Å². The topological polar surface area (TPSA) is 81.7 Å². The van der Waals surface area contributed by atoms with Crippen LogP contribution in [0.2, 0.25) is 5.02 Å². The summed E-state index contributed by atoms with van der Waals surface area (Å²) in [6, 6.07) is 14.0. The summed E-state index contributed by atoms with van der Waals surface area (Å²) >= 11 is 6.00. The van der Waals surface area contributed by atoms with Gasteiger partial charge in [-0.3, -0.25) is 0 Å². The monoisotopic (exact) mass is 521 g/mol. The summed E-state index contributed by atoms with van der Waals surface area (Å²) in [6.45, 7) is 10.2. The van der Waals surface area contributed by atoms with Gasteiger partial charge in [-0.25, -0.2) is 13.1 Å². The van der Waals surface area contributed by atoms with Gasteiger partial charge in [0.25, 0.3) is 0 Å². The maximum absolute atomic E-state index is 12.1. The molecule has 2 aromatic carbocycles. The minimum absolute atomic E-state index is 0.483. The lowest BCUT2D eigenvalue weighted by atomic mass is 9.84. The van der Waals surface area contributed by atoms with E-state index in [1.807, 2.05) is 24.3 Å². The third kappa shape index (κ3) is 7.35. The average Bonchev–Trinajstić information content (AvgIpc) is 2.79. The largest absolute Gasteiger partial charge is 0.385 e. The molecule has 3 rings (SSSR count). The minimum atomic E-state index is -3.26. The molecule has 1 fully saturated rings. The molecule has 194 valence electrons. The highest BCUT2D eigenvalue weighted by molar-refractivity contribution is 7.90. The Morgan fingerprint density at radius 1 is 1.00 bits per heavy atom. The van der Waals surface area contributed by atoms with E-state index >= 15 is 0 Å². The second kappa shape index (κ2) is 11.5. The number of nitrogens with zero attached hydrogens (tertiary/aromatic N) is 1. The predicted octanol–water partition coefficient (Wildman–Crippen LogP) is 5.44. The van der Waals surface area contributed by atoms with Crippen molar-refractivity contribution in [1.82, 2.24) is 4.72 Å². The van der Waals surface area contributed by atoms with E-state index in [1.165, 1.54) is 11.3 Å². The van der Waals surface area contributed by atoms with Gasteiger partial charge < -0.3 is 15.3 Å². The standard InChI is InChI=1S/C27H40ClN3O3S/c1-21-20-24(29-16-6-5-7-17-30-35(33,34)26(2,3)4)12-13-25(21)31-18-14-27(32,15-19-31)22-8-10-23(28)11-9-22/h8-13,20,29-30,32H,5-7,14-19H2,1-4H3. The van der Waals surface area contributed by atoms with Gasteiger partial charge in [0.2, 0.25) is 10.0 Å². The molecule has 0 atom stereocenters. The Hall–Kier alpha value is -1.80. The summed E-state index contributed by atoms with van der Waals surface area (Å²) in [5.41, 5.74) is 3.64. The SMILES string of the molecule is Cc1cc(NCCCCCNS(=O)(=O)C(C)(C)C)ccc1N1CCC(O)(c2ccc(Cl)cc2)CC1. The molecule has 2 aromatic rings. The third-order valence-electron chi connectivity index (χ3n) is 6.79. The summed E-state index contributed by atoms with van der Waals surface area (Å²) in [5, 5.41) is 15.3. The van der Waals surface area contributed by atoms with Crippen LogP contribution in [0.5, 0.6) is 0 Å². The van der Waals surface area contributed by atoms with Gasteiger partial charge in [-0.2, -0.15) is 0 Å². The van der Waals surface area contributed by atoms with Crippen LogP contribution in [0, 0.1) is 6.92 Å². The van der Waals surface area contributed by atoms with E-state index < -0.39 is 20.4 Å². The molecule has 1 saturated heterocycles. The molecule has 3 N–H and O–H groups in total. The van der Waals surface area contributed by atoms with Crippen LogP contribution in [0.1, 0.15) is 64.0 Å². The average molecular weight is 522 g/mol. The summed E-state index contributed by atoms with van der Waals surface area (Å²) < 4.78 is 26.0. The molecule has 8 heteroatoms. The first kappa shape index (κ1) is 27.8. The Labute approximate surface area is 216 Å². The van der Waals surface area contributed by atoms with Crippen molar-refractivity contribution in [1.29, 1.82) is 0 Å². The van der Waals surface area contributed by atoms with E-state index in [4.69, 9.17) is 11.6 Å². The van der Waals surface area contributed by atoms with Crippen molar-refractivity contribution in [2.75, 3.05) is 36.4 Å². The second-order valence-electron chi connectivity index (χ2n) is 10.5. The number of sulfonamides is 1. The number of hydrogen-bond acceptors (Lipinski definition) is 5. The molecule has 0 saturated carbocycles. The summed E-state index contributed by atoms with van der Waals surface area (Å²) in [7, 11) is -3.26. The number of hydrogen-bond donors (Lipinski definition) is 3. The number of halogens is 1. The van der Waals surface area contributed by atoms with Crippen molar-refractivity contribution in [3.05, 3.63) is 58.6 Å². The van der Waals surface area contributed by atoms with Gasteiger partial charge in [0, 0.05) is 42.6 Å². The Balaban J connectivity index is 1.42. The van der Waals surface area contributed by atoms with E-state index in [2.05, 4.69) is 40.1 Å². The van der Waals surface area contributed by atoms with E-state index in [0.29, 0.717) is 24.4 Å². The first-order valence-corrected chi connectivity index (χ1v) is 14.3. The fraction of sp³-hybridized carbons (Fsp3) is 0.556. The van der Waals surface area contributed by atoms with Crippen molar-refractivity contribution in [3.63, 3.8) is 0 Å². The number of nitrogens with one attached hydrogen (secondary N) is 2. The summed E-state index contributed by atoms with van der Waals surface area (Å²) in [4.78, 5) is 2.35. The second-order valence-corrected chi connectivity index (χ2v) is 13.5. The first-order chi connectivity index (χ1) is 16.4. The Bertz CT molecular complexity index is 1070. The van der Waals surface area contributed by atoms with Crippen LogP contribution in [0.25, 0.3) is 0 Å². The van der Waals surface area contributed by atoms with Gasteiger partial charge in [0.05, 0.1) is 10.3 Å². The molecule has 0 aromatic heterocycles. The molecule has 0 spiro atoms. The van der Waals surface area contributed by atoms with Gasteiger partial charge in [0.1, 0.15) is 0 Å². The van der Waals surface area contributed by atoms with Crippen LogP contribution in [-0.4, -0.2) is 44.5 Å². The van der Waals surface area contributed by atoms with E-state index in [-0.39, 0.29) is 0 Å². The van der Waals surface area contributed by atoms with Crippen molar-refractivity contribution < 1.29 is 13.5 Å². The fourth-order valence-electron chi connectivity index (χ4n) is 4.37. The molecule has 35 heavy (non-hydrogen) atoms. The molecule has 0 radical (unpaired) electrons. The predicted molar refractivity (Wildman–Crippen MR) is 147 cm³/mol. The molecule has 0 aliphatic carbocycles. The smallest absolute Gasteiger partial charge is 0.216 e. The summed E-state index contributed by atoms with van der Waals surface area (Å²) in [5.74, 6) is 0. The van der Waals surface area contributed by atoms with Gasteiger partial charge in [-0.15, -0.1) is 0 Å². The minimum Gasteiger partial charge on any atom is -0.385 e. The quantitative estimate of drug-likeness (QED) is 0.363. The number of aryl methyl sites for hydroxylation is 1. The lowest BCUT2D eigenvalue weighted by Crippen LogP contribution is -2.42. The van der Waals surface area contributed by atoms with Gasteiger partial charge in [-0.1, -0.05) is 30.2 Å². The molecule has 6 nitrogen and oxygen atoms in total. The zero-order valence-corrected chi connectivity index (χ0v) is 23.0. The van der Waals surface area contributed by atoms with E-state index in [1.54, 1.807) is 20.8 Å². The lowest BCUT2D eigenvalue weighted by Gasteiger charge is -2.40. The molecule has 1 aliphatic rings. The lowest BCUT2D eigenvalue weighted by molar-refractivity contribution is 0.0117. The van der Waals surface area contributed by atoms with E-state index in [9.17, 15) is 13.5 Å². The first-order valence-electron chi connectivity index (χ1n) is 12.5. The van der Waals surface area contributed by atoms with Crippen molar-refractivity contribution >= 4 is 33.0 Å². The number of anilines is 2. The number of piperidine rings is 1. The van der Waals surface area contributed by atoms with Crippen LogP contribution in [0.3, 0.4) is 0 Å². The highest BCUT2D eigenvalue weighted by Gasteiger charge is 2.34. The third-order valence-corrected chi connectivity index (χ3v) is 9.24. The van der Waals surface area contributed by atoms with Crippen molar-refractivity contribution in [3.8, 4) is 0 Å². The van der Waals surface area contributed by atoms with E-state index in [0.717, 1.165) is 50.1 Å². The maximum atomic E-state index is 12.1. The highest BCUT2D eigenvalue weighted by Crippen LogP contribution is 2.36. The van der Waals surface area contributed by atoms with Crippen LogP contribution in [0.15, 0.2) is 42.5 Å². The molecule has 0 amide bonds. The number of unbranched alkanes of at least 4 members (excludes halogenated alkanes) is 2. The van der Waals surface area contributed by atoms with Crippen LogP contribution in [-0.2, 0) is 15.6 Å². The summed E-state index contributed by atoms with van der Waals surface area (Å²) in [6.07, 6.45) is 4.13. The van der Waals surface area contributed by atoms with Gasteiger partial charge in [0.15, 0.2) is 0 Å². The number of aliphatic hydroxyl groups is 1. The van der Waals surface area contributed by atoms with Gasteiger partial charge in [-0.05, 0) is 94.8 Å². The maximum Gasteiger partial charge on any atom is 0.216 e. The van der Waals surface area contributed by atoms with Crippen LogP contribution >= 0.6 is 11.6 Å². The molecule has 0 unspecified atom stereocenters. The van der Waals surface area contributed by atoms with Crippen molar-refractivity contribution in [2.45, 2.75) is 70.1 Å². The Morgan fingerprint density at radius 2 is 1.63 bits per heavy atom. The fourth-order valence-corrected chi connectivity index (χ4v) is 5.34. The molecule has 0 bridgehead atoms. The normalized spacial score (nSPS) is 16.3. The zero-order valence-electron chi connectivity index (χ0n) is 21.4. The number of rotatable bonds is 10. The molecule has 1 heterocycles. The number of benzene rings is 2. The molecular formula is C27H40ClN3O3S. The highest BCUT2D eigenvalue weighted by atomic mass is 35.5. The van der Waals surface area contributed by atoms with Crippen LogP contribution in [0.4, 0.5) is 11.4 Å². The van der Waals surface area contributed by atoms with Crippen LogP contribution < -0.4 is 14.9 Å².